The van der Waals surface area contributed by atoms with Gasteiger partial charge in [-0.2, -0.15) is 0 Å². The molecule has 0 unspecified atom stereocenters. The van der Waals surface area contributed by atoms with Crippen molar-refractivity contribution < 1.29 is 5.11 Å². The molecular formula is C17H20BrNO. The van der Waals surface area contributed by atoms with E-state index in [1.807, 2.05) is 12.1 Å². The van der Waals surface area contributed by atoms with Crippen LogP contribution in [0.2, 0.25) is 0 Å². The first-order valence-corrected chi connectivity index (χ1v) is 7.67. The van der Waals surface area contributed by atoms with Crippen molar-refractivity contribution in [2.75, 3.05) is 11.4 Å². The van der Waals surface area contributed by atoms with E-state index >= 15 is 0 Å². The number of aliphatic hydroxyl groups excluding tert-OH is 1. The van der Waals surface area contributed by atoms with Crippen LogP contribution in [-0.4, -0.2) is 11.7 Å². The Kier molecular flexibility index (Phi) is 5.21. The van der Waals surface area contributed by atoms with Gasteiger partial charge in [0.25, 0.3) is 0 Å². The predicted molar refractivity (Wildman–Crippen MR) is 87.9 cm³/mol. The summed E-state index contributed by atoms with van der Waals surface area (Å²) in [6, 6.07) is 16.6. The summed E-state index contributed by atoms with van der Waals surface area (Å²) in [7, 11) is 0. The molecule has 2 aromatic rings. The maximum absolute atomic E-state index is 9.68. The monoisotopic (exact) mass is 333 g/mol. The molecule has 2 rings (SSSR count). The van der Waals surface area contributed by atoms with E-state index in [1.165, 1.54) is 5.56 Å². The Balaban J connectivity index is 2.22. The molecule has 106 valence electrons. The fourth-order valence-corrected chi connectivity index (χ4v) is 2.94. The van der Waals surface area contributed by atoms with Gasteiger partial charge in [0.2, 0.25) is 0 Å². The minimum atomic E-state index is -0.456. The highest BCUT2D eigenvalue weighted by atomic mass is 79.9. The minimum absolute atomic E-state index is 0.456. The molecule has 1 N–H and O–H groups in total. The van der Waals surface area contributed by atoms with Gasteiger partial charge in [-0.25, -0.2) is 0 Å². The van der Waals surface area contributed by atoms with Crippen molar-refractivity contribution in [2.45, 2.75) is 26.5 Å². The molecule has 0 saturated heterocycles. The Hall–Kier alpha value is -1.32. The minimum Gasteiger partial charge on any atom is -0.389 e. The van der Waals surface area contributed by atoms with E-state index in [0.717, 1.165) is 28.8 Å². The lowest BCUT2D eigenvalue weighted by molar-refractivity contribution is 0.198. The number of aliphatic hydroxyl groups is 1. The predicted octanol–water partition coefficient (Wildman–Crippen LogP) is 4.53. The molecule has 0 aliphatic heterocycles. The summed E-state index contributed by atoms with van der Waals surface area (Å²) in [5.41, 5.74) is 3.38. The summed E-state index contributed by atoms with van der Waals surface area (Å²) in [5, 5.41) is 9.68. The van der Waals surface area contributed by atoms with Gasteiger partial charge in [0, 0.05) is 23.2 Å². The van der Waals surface area contributed by atoms with Crippen LogP contribution in [0.1, 0.15) is 31.1 Å². The van der Waals surface area contributed by atoms with Crippen LogP contribution >= 0.6 is 15.9 Å². The largest absolute Gasteiger partial charge is 0.389 e. The highest BCUT2D eigenvalue weighted by molar-refractivity contribution is 9.10. The zero-order valence-electron chi connectivity index (χ0n) is 11.9. The number of benzene rings is 2. The Labute approximate surface area is 129 Å². The van der Waals surface area contributed by atoms with Gasteiger partial charge in [-0.1, -0.05) is 52.3 Å². The third-order valence-electron chi connectivity index (χ3n) is 3.40. The summed E-state index contributed by atoms with van der Waals surface area (Å²) >= 11 is 3.54. The average molecular weight is 334 g/mol. The maximum Gasteiger partial charge on any atom is 0.0772 e. The third-order valence-corrected chi connectivity index (χ3v) is 4.08. The van der Waals surface area contributed by atoms with Crippen LogP contribution in [0.25, 0.3) is 0 Å². The fraction of sp³-hybridized carbons (Fsp3) is 0.294. The molecule has 2 nitrogen and oxygen atoms in total. The van der Waals surface area contributed by atoms with Crippen molar-refractivity contribution in [3.8, 4) is 0 Å². The van der Waals surface area contributed by atoms with Crippen LogP contribution in [0.3, 0.4) is 0 Å². The van der Waals surface area contributed by atoms with Gasteiger partial charge in [-0.3, -0.25) is 0 Å². The van der Waals surface area contributed by atoms with Gasteiger partial charge in [0.05, 0.1) is 6.10 Å². The molecule has 0 fully saturated rings. The molecule has 2 aromatic carbocycles. The van der Waals surface area contributed by atoms with Gasteiger partial charge in [0.15, 0.2) is 0 Å². The molecule has 0 aliphatic rings. The third kappa shape index (κ3) is 3.62. The zero-order chi connectivity index (χ0) is 14.5. The maximum atomic E-state index is 9.68. The summed E-state index contributed by atoms with van der Waals surface area (Å²) in [6.07, 6.45) is -0.456. The van der Waals surface area contributed by atoms with E-state index in [1.54, 1.807) is 6.92 Å². The molecule has 0 saturated carbocycles. The van der Waals surface area contributed by atoms with Crippen LogP contribution in [0.5, 0.6) is 0 Å². The molecule has 0 bridgehead atoms. The van der Waals surface area contributed by atoms with Crippen LogP contribution in [0.4, 0.5) is 5.69 Å². The van der Waals surface area contributed by atoms with Gasteiger partial charge in [-0.15, -0.1) is 0 Å². The van der Waals surface area contributed by atoms with Crippen LogP contribution in [0.15, 0.2) is 53.0 Å². The second-order valence-electron chi connectivity index (χ2n) is 4.88. The summed E-state index contributed by atoms with van der Waals surface area (Å²) in [6.45, 7) is 5.76. The quantitative estimate of drug-likeness (QED) is 0.868. The standard InChI is InChI=1S/C17H20BrNO/c1-3-19(12-14-7-5-4-6-8-14)15-9-10-16(13(2)20)17(18)11-15/h4-11,13,20H,3,12H2,1-2H3/t13-/m1/s1. The fourth-order valence-electron chi connectivity index (χ4n) is 2.24. The SMILES string of the molecule is CCN(Cc1ccccc1)c1ccc([C@@H](C)O)c(Br)c1. The van der Waals surface area contributed by atoms with Gasteiger partial charge in [-0.05, 0) is 37.1 Å². The summed E-state index contributed by atoms with van der Waals surface area (Å²) < 4.78 is 0.955. The number of halogens is 1. The normalized spacial score (nSPS) is 12.2. The number of hydrogen-bond acceptors (Lipinski definition) is 2. The second-order valence-corrected chi connectivity index (χ2v) is 5.74. The molecule has 3 heteroatoms. The van der Waals surface area contributed by atoms with Gasteiger partial charge < -0.3 is 10.0 Å². The molecule has 0 amide bonds. The molecular weight excluding hydrogens is 314 g/mol. The Bertz CT molecular complexity index is 554. The van der Waals surface area contributed by atoms with Crippen LogP contribution in [0, 0.1) is 0 Å². The molecule has 0 aliphatic carbocycles. The zero-order valence-corrected chi connectivity index (χ0v) is 13.5. The highest BCUT2D eigenvalue weighted by Gasteiger charge is 2.10. The van der Waals surface area contributed by atoms with Crippen molar-refractivity contribution in [3.63, 3.8) is 0 Å². The van der Waals surface area contributed by atoms with Crippen molar-refractivity contribution in [3.05, 3.63) is 64.1 Å². The lowest BCUT2D eigenvalue weighted by Gasteiger charge is -2.24. The first-order valence-electron chi connectivity index (χ1n) is 6.88. The molecule has 0 radical (unpaired) electrons. The molecule has 0 aromatic heterocycles. The van der Waals surface area contributed by atoms with E-state index in [9.17, 15) is 5.11 Å². The van der Waals surface area contributed by atoms with Gasteiger partial charge >= 0.3 is 0 Å². The Morgan fingerprint density at radius 1 is 1.15 bits per heavy atom. The van der Waals surface area contributed by atoms with E-state index in [2.05, 4.69) is 64.2 Å². The molecule has 1 atom stereocenters. The second kappa shape index (κ2) is 6.91. The van der Waals surface area contributed by atoms with Crippen molar-refractivity contribution in [1.29, 1.82) is 0 Å². The van der Waals surface area contributed by atoms with Crippen LogP contribution in [-0.2, 0) is 6.54 Å². The Morgan fingerprint density at radius 2 is 1.85 bits per heavy atom. The van der Waals surface area contributed by atoms with Crippen LogP contribution < -0.4 is 4.90 Å². The molecule has 0 heterocycles. The van der Waals surface area contributed by atoms with Crippen molar-refractivity contribution in [1.82, 2.24) is 0 Å². The molecule has 0 spiro atoms. The summed E-state index contributed by atoms with van der Waals surface area (Å²) in [4.78, 5) is 2.31. The van der Waals surface area contributed by atoms with E-state index in [0.29, 0.717) is 0 Å². The number of nitrogens with zero attached hydrogens (tertiary/aromatic N) is 1. The first-order chi connectivity index (χ1) is 9.61. The lowest BCUT2D eigenvalue weighted by Crippen LogP contribution is -2.22. The smallest absolute Gasteiger partial charge is 0.0772 e. The topological polar surface area (TPSA) is 23.5 Å². The van der Waals surface area contributed by atoms with E-state index in [4.69, 9.17) is 0 Å². The van der Waals surface area contributed by atoms with E-state index in [-0.39, 0.29) is 0 Å². The number of anilines is 1. The summed E-state index contributed by atoms with van der Waals surface area (Å²) in [5.74, 6) is 0. The molecule has 20 heavy (non-hydrogen) atoms. The Morgan fingerprint density at radius 3 is 2.40 bits per heavy atom. The lowest BCUT2D eigenvalue weighted by atomic mass is 10.1. The van der Waals surface area contributed by atoms with Crippen molar-refractivity contribution in [2.24, 2.45) is 0 Å². The number of rotatable bonds is 5. The van der Waals surface area contributed by atoms with E-state index < -0.39 is 6.10 Å². The average Bonchev–Trinajstić information content (AvgIpc) is 2.45. The highest BCUT2D eigenvalue weighted by Crippen LogP contribution is 2.28. The first kappa shape index (κ1) is 15.1. The van der Waals surface area contributed by atoms with Crippen molar-refractivity contribution >= 4 is 21.6 Å². The number of hydrogen-bond donors (Lipinski definition) is 1. The van der Waals surface area contributed by atoms with Gasteiger partial charge in [0.1, 0.15) is 0 Å².